The minimum Gasteiger partial charge on any atom is -0.384 e. The fraction of sp³-hybridized carbons (Fsp3) is 1.00. The van der Waals surface area contributed by atoms with Crippen molar-refractivity contribution in [1.82, 2.24) is 0 Å². The normalized spacial score (nSPS) is 8.67. The van der Waals surface area contributed by atoms with Gasteiger partial charge in [-0.25, -0.2) is 0 Å². The van der Waals surface area contributed by atoms with Crippen LogP contribution in [0.25, 0.3) is 0 Å². The Bertz CT molecular complexity index is 41.9. The van der Waals surface area contributed by atoms with Crippen LogP contribution in [0.4, 0.5) is 0 Å². The van der Waals surface area contributed by atoms with Gasteiger partial charge in [0, 0.05) is 25.2 Å². The van der Waals surface area contributed by atoms with Gasteiger partial charge in [-0.15, -0.1) is 12.4 Å². The van der Waals surface area contributed by atoms with E-state index in [0.717, 1.165) is 24.7 Å². The smallest absolute Gasteiger partial charge is 0.0552 e. The minimum absolute atomic E-state index is 0. The van der Waals surface area contributed by atoms with E-state index >= 15 is 0 Å². The first-order chi connectivity index (χ1) is 3.91. The lowest BCUT2D eigenvalue weighted by Crippen LogP contribution is -2.03. The first-order valence-corrected chi connectivity index (χ1v) is 3.84. The van der Waals surface area contributed by atoms with Crippen LogP contribution in [-0.4, -0.2) is 31.8 Å². The van der Waals surface area contributed by atoms with Gasteiger partial charge in [-0.05, 0) is 0 Å². The lowest BCUT2D eigenvalue weighted by molar-refractivity contribution is 0.218. The Balaban J connectivity index is 0. The van der Waals surface area contributed by atoms with Crippen LogP contribution in [-0.2, 0) is 4.74 Å². The van der Waals surface area contributed by atoms with Crippen molar-refractivity contribution < 1.29 is 4.74 Å². The highest BCUT2D eigenvalue weighted by molar-refractivity contribution is 7.99. The number of halogens is 1. The fourth-order valence-corrected chi connectivity index (χ4v) is 0.983. The maximum Gasteiger partial charge on any atom is 0.0552 e. The molecule has 0 atom stereocenters. The summed E-state index contributed by atoms with van der Waals surface area (Å²) >= 11 is 1.83. The van der Waals surface area contributed by atoms with E-state index in [9.17, 15) is 0 Å². The molecular weight excluding hydrogens is 158 g/mol. The van der Waals surface area contributed by atoms with Gasteiger partial charge in [0.2, 0.25) is 0 Å². The van der Waals surface area contributed by atoms with E-state index in [1.165, 1.54) is 0 Å². The van der Waals surface area contributed by atoms with Gasteiger partial charge in [0.15, 0.2) is 0 Å². The average Bonchev–Trinajstić information content (AvgIpc) is 1.81. The van der Waals surface area contributed by atoms with Crippen LogP contribution < -0.4 is 5.73 Å². The van der Waals surface area contributed by atoms with Gasteiger partial charge in [-0.2, -0.15) is 11.8 Å². The highest BCUT2D eigenvalue weighted by Gasteiger charge is 1.83. The summed E-state index contributed by atoms with van der Waals surface area (Å²) in [7, 11) is 1.71. The van der Waals surface area contributed by atoms with Crippen LogP contribution in [0.2, 0.25) is 0 Å². The molecule has 0 fully saturated rings. The third kappa shape index (κ3) is 11.9. The van der Waals surface area contributed by atoms with E-state index in [1.807, 2.05) is 11.8 Å². The van der Waals surface area contributed by atoms with Crippen molar-refractivity contribution in [3.8, 4) is 0 Å². The van der Waals surface area contributed by atoms with Gasteiger partial charge in [0.25, 0.3) is 0 Å². The molecule has 0 saturated carbocycles. The predicted molar refractivity (Wildman–Crippen MR) is 45.5 cm³/mol. The molecule has 0 bridgehead atoms. The Labute approximate surface area is 66.9 Å². The molecule has 0 rings (SSSR count). The summed E-state index contributed by atoms with van der Waals surface area (Å²) in [5.41, 5.74) is 5.25. The van der Waals surface area contributed by atoms with Gasteiger partial charge in [0.1, 0.15) is 0 Å². The lowest BCUT2D eigenvalue weighted by atomic mass is 10.8. The van der Waals surface area contributed by atoms with Crippen LogP contribution in [0.1, 0.15) is 0 Å². The van der Waals surface area contributed by atoms with Gasteiger partial charge >= 0.3 is 0 Å². The molecule has 0 aromatic heterocycles. The number of hydrogen-bond donors (Lipinski definition) is 1. The van der Waals surface area contributed by atoms with Crippen LogP contribution in [0, 0.1) is 0 Å². The maximum absolute atomic E-state index is 5.25. The van der Waals surface area contributed by atoms with Crippen LogP contribution in [0.3, 0.4) is 0 Å². The number of methoxy groups -OCH3 is 1. The summed E-state index contributed by atoms with van der Waals surface area (Å²) in [5, 5.41) is 0. The van der Waals surface area contributed by atoms with E-state index in [-0.39, 0.29) is 12.4 Å². The molecule has 0 aliphatic rings. The van der Waals surface area contributed by atoms with Crippen molar-refractivity contribution in [3.05, 3.63) is 0 Å². The Morgan fingerprint density at radius 2 is 2.11 bits per heavy atom. The Morgan fingerprint density at radius 1 is 1.44 bits per heavy atom. The van der Waals surface area contributed by atoms with Crippen molar-refractivity contribution in [2.24, 2.45) is 5.73 Å². The predicted octanol–water partition coefficient (Wildman–Crippen LogP) is 0.746. The Hall–Kier alpha value is 0.560. The number of hydrogen-bond acceptors (Lipinski definition) is 3. The first kappa shape index (κ1) is 12.3. The molecule has 9 heavy (non-hydrogen) atoms. The molecule has 0 radical (unpaired) electrons. The average molecular weight is 172 g/mol. The van der Waals surface area contributed by atoms with E-state index in [2.05, 4.69) is 0 Å². The van der Waals surface area contributed by atoms with E-state index in [1.54, 1.807) is 7.11 Å². The summed E-state index contributed by atoms with van der Waals surface area (Å²) in [6, 6.07) is 0. The quantitative estimate of drug-likeness (QED) is 0.621. The van der Waals surface area contributed by atoms with E-state index in [0.29, 0.717) is 0 Å². The molecule has 0 spiro atoms. The Morgan fingerprint density at radius 3 is 2.56 bits per heavy atom. The molecule has 0 aromatic rings. The summed E-state index contributed by atoms with van der Waals surface area (Å²) in [6.45, 7) is 1.61. The molecule has 0 amide bonds. The van der Waals surface area contributed by atoms with Gasteiger partial charge < -0.3 is 10.5 Å². The highest BCUT2D eigenvalue weighted by atomic mass is 35.5. The Kier molecular flexibility index (Phi) is 15.5. The SMILES string of the molecule is COCCSCCN.Cl. The largest absolute Gasteiger partial charge is 0.384 e. The summed E-state index contributed by atoms with van der Waals surface area (Å²) < 4.78 is 4.83. The number of nitrogens with two attached hydrogens (primary N) is 1. The highest BCUT2D eigenvalue weighted by Crippen LogP contribution is 1.95. The van der Waals surface area contributed by atoms with Gasteiger partial charge in [-0.3, -0.25) is 0 Å². The van der Waals surface area contributed by atoms with Crippen molar-refractivity contribution in [3.63, 3.8) is 0 Å². The standard InChI is InChI=1S/C5H13NOS.ClH/c1-7-3-5-8-4-2-6;/h2-6H2,1H3;1H. The molecule has 58 valence electrons. The van der Waals surface area contributed by atoms with E-state index < -0.39 is 0 Å². The topological polar surface area (TPSA) is 35.2 Å². The van der Waals surface area contributed by atoms with Crippen molar-refractivity contribution in [2.75, 3.05) is 31.8 Å². The molecule has 4 heteroatoms. The summed E-state index contributed by atoms with van der Waals surface area (Å²) in [4.78, 5) is 0. The molecule has 0 aliphatic heterocycles. The zero-order valence-electron chi connectivity index (χ0n) is 5.63. The molecule has 0 saturated heterocycles. The molecular formula is C5H14ClNOS. The van der Waals surface area contributed by atoms with Crippen LogP contribution >= 0.6 is 24.2 Å². The van der Waals surface area contributed by atoms with Crippen molar-refractivity contribution >= 4 is 24.2 Å². The maximum atomic E-state index is 5.25. The minimum atomic E-state index is 0. The third-order valence-corrected chi connectivity index (χ3v) is 1.67. The molecule has 2 nitrogen and oxygen atoms in total. The molecule has 0 unspecified atom stereocenters. The van der Waals surface area contributed by atoms with Crippen LogP contribution in [0.15, 0.2) is 0 Å². The van der Waals surface area contributed by atoms with Crippen molar-refractivity contribution in [2.45, 2.75) is 0 Å². The third-order valence-electron chi connectivity index (χ3n) is 0.694. The van der Waals surface area contributed by atoms with Gasteiger partial charge in [-0.1, -0.05) is 0 Å². The van der Waals surface area contributed by atoms with Crippen LogP contribution in [0.5, 0.6) is 0 Å². The second kappa shape index (κ2) is 11.4. The molecule has 0 heterocycles. The molecule has 0 aromatic carbocycles. The second-order valence-corrected chi connectivity index (χ2v) is 2.62. The first-order valence-electron chi connectivity index (χ1n) is 2.68. The molecule has 2 N–H and O–H groups in total. The van der Waals surface area contributed by atoms with Crippen molar-refractivity contribution in [1.29, 1.82) is 0 Å². The number of thioether (sulfide) groups is 1. The molecule has 0 aliphatic carbocycles. The zero-order valence-corrected chi connectivity index (χ0v) is 7.26. The monoisotopic (exact) mass is 171 g/mol. The second-order valence-electron chi connectivity index (χ2n) is 1.39. The number of ether oxygens (including phenoxy) is 1. The fourth-order valence-electron chi connectivity index (χ4n) is 0.328. The zero-order chi connectivity index (χ0) is 6.24. The van der Waals surface area contributed by atoms with Gasteiger partial charge in [0.05, 0.1) is 6.61 Å². The van der Waals surface area contributed by atoms with E-state index in [4.69, 9.17) is 10.5 Å². The summed E-state index contributed by atoms with van der Waals surface area (Å²) in [5.74, 6) is 2.11. The number of rotatable bonds is 5. The summed E-state index contributed by atoms with van der Waals surface area (Å²) in [6.07, 6.45) is 0. The lowest BCUT2D eigenvalue weighted by Gasteiger charge is -1.95.